The van der Waals surface area contributed by atoms with Gasteiger partial charge in [0, 0.05) is 16.7 Å². The van der Waals surface area contributed by atoms with Gasteiger partial charge in [0.1, 0.15) is 9.88 Å². The van der Waals surface area contributed by atoms with Crippen molar-refractivity contribution in [1.29, 1.82) is 0 Å². The second kappa shape index (κ2) is 6.37. The SMILES string of the molecule is Cc1ccc(C(=O)c2ccc(-c3nc(C)c(C(=O)O)s3)cc2)cc1. The van der Waals surface area contributed by atoms with Crippen LogP contribution in [0.4, 0.5) is 0 Å². The van der Waals surface area contributed by atoms with E-state index in [1.807, 2.05) is 31.2 Å². The molecule has 2 aromatic carbocycles. The van der Waals surface area contributed by atoms with Gasteiger partial charge in [-0.25, -0.2) is 9.78 Å². The number of rotatable bonds is 4. The Kier molecular flexibility index (Phi) is 4.27. The van der Waals surface area contributed by atoms with Crippen LogP contribution in [0, 0.1) is 13.8 Å². The van der Waals surface area contributed by atoms with Crippen LogP contribution in [0.25, 0.3) is 10.6 Å². The molecule has 0 radical (unpaired) electrons. The van der Waals surface area contributed by atoms with E-state index in [0.29, 0.717) is 21.8 Å². The predicted molar refractivity (Wildman–Crippen MR) is 93.9 cm³/mol. The van der Waals surface area contributed by atoms with Crippen LogP contribution in [-0.4, -0.2) is 21.8 Å². The first-order valence-corrected chi connectivity index (χ1v) is 8.20. The maximum absolute atomic E-state index is 12.5. The van der Waals surface area contributed by atoms with Crippen LogP contribution < -0.4 is 0 Å². The molecular formula is C19H15NO3S. The quantitative estimate of drug-likeness (QED) is 0.719. The number of carboxylic acids is 1. The average molecular weight is 337 g/mol. The summed E-state index contributed by atoms with van der Waals surface area (Å²) in [5, 5.41) is 9.75. The molecule has 0 saturated heterocycles. The van der Waals surface area contributed by atoms with Crippen LogP contribution in [0.1, 0.15) is 36.9 Å². The summed E-state index contributed by atoms with van der Waals surface area (Å²) in [5.74, 6) is -1.01. The standard InChI is InChI=1S/C19H15NO3S/c1-11-3-5-13(6-4-11)16(21)14-7-9-15(10-8-14)18-20-12(2)17(24-18)19(22)23/h3-10H,1-2H3,(H,22,23). The number of hydrogen-bond donors (Lipinski definition) is 1. The Labute approximate surface area is 143 Å². The van der Waals surface area contributed by atoms with Gasteiger partial charge >= 0.3 is 5.97 Å². The lowest BCUT2D eigenvalue weighted by Crippen LogP contribution is -2.00. The van der Waals surface area contributed by atoms with E-state index >= 15 is 0 Å². The molecule has 1 aromatic heterocycles. The number of aryl methyl sites for hydroxylation is 2. The van der Waals surface area contributed by atoms with E-state index < -0.39 is 5.97 Å². The molecule has 120 valence electrons. The van der Waals surface area contributed by atoms with Gasteiger partial charge in [0.05, 0.1) is 5.69 Å². The molecule has 3 aromatic rings. The van der Waals surface area contributed by atoms with Crippen LogP contribution in [0.2, 0.25) is 0 Å². The van der Waals surface area contributed by atoms with Crippen molar-refractivity contribution in [3.8, 4) is 10.6 Å². The Morgan fingerprint density at radius 2 is 1.46 bits per heavy atom. The number of aromatic carboxylic acids is 1. The molecule has 0 amide bonds. The summed E-state index contributed by atoms with van der Waals surface area (Å²) in [6.45, 7) is 3.66. The minimum atomic E-state index is -0.970. The van der Waals surface area contributed by atoms with Crippen molar-refractivity contribution in [3.63, 3.8) is 0 Å². The topological polar surface area (TPSA) is 67.3 Å². The van der Waals surface area contributed by atoms with Gasteiger partial charge in [0.25, 0.3) is 0 Å². The maximum Gasteiger partial charge on any atom is 0.347 e. The van der Waals surface area contributed by atoms with Crippen molar-refractivity contribution in [3.05, 3.63) is 75.8 Å². The minimum absolute atomic E-state index is 0.0388. The van der Waals surface area contributed by atoms with Crippen molar-refractivity contribution in [2.45, 2.75) is 13.8 Å². The first-order valence-electron chi connectivity index (χ1n) is 7.38. The highest BCUT2D eigenvalue weighted by Crippen LogP contribution is 2.28. The molecule has 0 aliphatic heterocycles. The van der Waals surface area contributed by atoms with E-state index in [-0.39, 0.29) is 10.7 Å². The lowest BCUT2D eigenvalue weighted by molar-refractivity contribution is 0.0701. The normalized spacial score (nSPS) is 10.6. The van der Waals surface area contributed by atoms with Crippen LogP contribution in [0.3, 0.4) is 0 Å². The second-order valence-electron chi connectivity index (χ2n) is 5.51. The summed E-state index contributed by atoms with van der Waals surface area (Å²) in [6, 6.07) is 14.5. The van der Waals surface area contributed by atoms with Crippen molar-refractivity contribution in [1.82, 2.24) is 4.98 Å². The lowest BCUT2D eigenvalue weighted by Gasteiger charge is -2.03. The summed E-state index contributed by atoms with van der Waals surface area (Å²) in [7, 11) is 0. The molecule has 0 unspecified atom stereocenters. The Hall–Kier alpha value is -2.79. The second-order valence-corrected chi connectivity index (χ2v) is 6.51. The highest BCUT2D eigenvalue weighted by atomic mass is 32.1. The van der Waals surface area contributed by atoms with Crippen LogP contribution in [-0.2, 0) is 0 Å². The molecule has 1 heterocycles. The number of carbonyl (C=O) groups is 2. The van der Waals surface area contributed by atoms with Gasteiger partial charge in [-0.05, 0) is 13.8 Å². The summed E-state index contributed by atoms with van der Waals surface area (Å²) < 4.78 is 0. The predicted octanol–water partition coefficient (Wildman–Crippen LogP) is 4.36. The van der Waals surface area contributed by atoms with Crippen molar-refractivity contribution < 1.29 is 14.7 Å². The molecule has 3 rings (SSSR count). The molecule has 0 bridgehead atoms. The van der Waals surface area contributed by atoms with E-state index in [1.165, 1.54) is 0 Å². The largest absolute Gasteiger partial charge is 0.477 e. The first kappa shape index (κ1) is 16.1. The number of nitrogens with zero attached hydrogens (tertiary/aromatic N) is 1. The van der Waals surface area contributed by atoms with Gasteiger partial charge in [-0.1, -0.05) is 54.1 Å². The number of thiazole rings is 1. The molecule has 0 aliphatic carbocycles. The number of benzene rings is 2. The number of aromatic nitrogens is 1. The van der Waals surface area contributed by atoms with E-state index in [9.17, 15) is 9.59 Å². The molecular weight excluding hydrogens is 322 g/mol. The molecule has 0 fully saturated rings. The van der Waals surface area contributed by atoms with Crippen molar-refractivity contribution >= 4 is 23.1 Å². The zero-order chi connectivity index (χ0) is 17.3. The summed E-state index contributed by atoms with van der Waals surface area (Å²) >= 11 is 1.14. The van der Waals surface area contributed by atoms with E-state index in [2.05, 4.69) is 4.98 Å². The molecule has 1 N–H and O–H groups in total. The van der Waals surface area contributed by atoms with Gasteiger partial charge in [-0.15, -0.1) is 11.3 Å². The van der Waals surface area contributed by atoms with Gasteiger partial charge in [0.2, 0.25) is 0 Å². The molecule has 5 heteroatoms. The van der Waals surface area contributed by atoms with E-state index in [1.54, 1.807) is 31.2 Å². The fourth-order valence-corrected chi connectivity index (χ4v) is 3.26. The number of hydrogen-bond acceptors (Lipinski definition) is 4. The molecule has 4 nitrogen and oxygen atoms in total. The third-order valence-electron chi connectivity index (χ3n) is 3.70. The number of carboxylic acid groups (broad SMARTS) is 1. The van der Waals surface area contributed by atoms with Crippen molar-refractivity contribution in [2.24, 2.45) is 0 Å². The van der Waals surface area contributed by atoms with E-state index in [4.69, 9.17) is 5.11 Å². The minimum Gasteiger partial charge on any atom is -0.477 e. The van der Waals surface area contributed by atoms with E-state index in [0.717, 1.165) is 22.5 Å². The van der Waals surface area contributed by atoms with Crippen LogP contribution >= 0.6 is 11.3 Å². The number of carbonyl (C=O) groups excluding carboxylic acids is 1. The smallest absolute Gasteiger partial charge is 0.347 e. The Morgan fingerprint density at radius 1 is 0.917 bits per heavy atom. The zero-order valence-electron chi connectivity index (χ0n) is 13.2. The third-order valence-corrected chi connectivity index (χ3v) is 4.89. The summed E-state index contributed by atoms with van der Waals surface area (Å²) in [6.07, 6.45) is 0. The lowest BCUT2D eigenvalue weighted by atomic mass is 10.0. The fourth-order valence-electron chi connectivity index (χ4n) is 2.35. The van der Waals surface area contributed by atoms with Gasteiger partial charge in [-0.3, -0.25) is 4.79 Å². The molecule has 0 aliphatic rings. The Morgan fingerprint density at radius 3 is 1.96 bits per heavy atom. The zero-order valence-corrected chi connectivity index (χ0v) is 14.1. The van der Waals surface area contributed by atoms with Crippen LogP contribution in [0.5, 0.6) is 0 Å². The molecule has 0 saturated carbocycles. The summed E-state index contributed by atoms with van der Waals surface area (Å²) in [4.78, 5) is 28.1. The maximum atomic E-state index is 12.5. The fraction of sp³-hybridized carbons (Fsp3) is 0.105. The summed E-state index contributed by atoms with van der Waals surface area (Å²) in [5.41, 5.74) is 3.65. The first-order chi connectivity index (χ1) is 11.5. The third kappa shape index (κ3) is 3.12. The van der Waals surface area contributed by atoms with Gasteiger partial charge in [0.15, 0.2) is 5.78 Å². The highest BCUT2D eigenvalue weighted by Gasteiger charge is 2.15. The van der Waals surface area contributed by atoms with Gasteiger partial charge < -0.3 is 5.11 Å². The van der Waals surface area contributed by atoms with Crippen molar-refractivity contribution in [2.75, 3.05) is 0 Å². The molecule has 0 spiro atoms. The highest BCUT2D eigenvalue weighted by molar-refractivity contribution is 7.17. The Bertz CT molecular complexity index is 909. The molecule has 24 heavy (non-hydrogen) atoms. The molecule has 0 atom stereocenters. The number of ketones is 1. The van der Waals surface area contributed by atoms with Gasteiger partial charge in [-0.2, -0.15) is 0 Å². The monoisotopic (exact) mass is 337 g/mol. The van der Waals surface area contributed by atoms with Crippen LogP contribution in [0.15, 0.2) is 48.5 Å². The Balaban J connectivity index is 1.88. The average Bonchev–Trinajstić information content (AvgIpc) is 2.97.